The van der Waals surface area contributed by atoms with Crippen LogP contribution in [-0.2, 0) is 19.1 Å². The van der Waals surface area contributed by atoms with Crippen LogP contribution >= 0.6 is 0 Å². The number of carbonyl (C=O) groups is 3. The molecule has 8 heteroatoms. The van der Waals surface area contributed by atoms with E-state index in [2.05, 4.69) is 47.6 Å². The zero-order valence-electron chi connectivity index (χ0n) is 17.8. The van der Waals surface area contributed by atoms with Crippen molar-refractivity contribution in [2.24, 2.45) is 0 Å². The number of carboxylic acid groups (broad SMARTS) is 1. The topological polar surface area (TPSA) is 108 Å². The lowest BCUT2D eigenvalue weighted by molar-refractivity contribution is -0.148. The van der Waals surface area contributed by atoms with E-state index in [-0.39, 0.29) is 24.9 Å². The van der Waals surface area contributed by atoms with Crippen LogP contribution in [0.2, 0.25) is 0 Å². The molecule has 2 aromatic rings. The minimum atomic E-state index is -0.742. The third-order valence-corrected chi connectivity index (χ3v) is 4.86. The molecule has 1 fully saturated rings. The summed E-state index contributed by atoms with van der Waals surface area (Å²) in [7, 11) is 0. The molecule has 0 saturated carbocycles. The number of likely N-dealkylation sites (N-methyl/N-ethyl adjacent to an activating group) is 1. The first kappa shape index (κ1) is 23.9. The normalized spacial score (nSPS) is 17.5. The van der Waals surface area contributed by atoms with Crippen LogP contribution in [-0.4, -0.2) is 55.7 Å². The zero-order chi connectivity index (χ0) is 22.6. The van der Waals surface area contributed by atoms with Gasteiger partial charge in [-0.25, -0.2) is 0 Å². The van der Waals surface area contributed by atoms with Crippen molar-refractivity contribution in [3.8, 4) is 0 Å². The molecule has 166 valence electrons. The van der Waals surface area contributed by atoms with Crippen molar-refractivity contribution < 1.29 is 24.2 Å². The maximum absolute atomic E-state index is 12.7. The molecule has 2 amide bonds. The first-order chi connectivity index (χ1) is 15.0. The average Bonchev–Trinajstić information content (AvgIpc) is 2.77. The van der Waals surface area contributed by atoms with Gasteiger partial charge in [-0.3, -0.25) is 14.4 Å². The van der Waals surface area contributed by atoms with Crippen molar-refractivity contribution in [1.82, 2.24) is 10.6 Å². The molecule has 1 aliphatic heterocycles. The van der Waals surface area contributed by atoms with Crippen molar-refractivity contribution in [2.45, 2.75) is 26.0 Å². The summed E-state index contributed by atoms with van der Waals surface area (Å²) in [4.78, 5) is 35.1. The number of hydrogen-bond acceptors (Lipinski definition) is 5. The SMILES string of the molecule is CCN(CCNC(=O)[C@H]1OCC(=O)N[C@@H]1c1ccccc1)c1cccc(C)c1.O=CO. The molecule has 3 N–H and O–H groups in total. The number of carbonyl (C=O) groups excluding carboxylic acids is 2. The first-order valence-electron chi connectivity index (χ1n) is 10.1. The summed E-state index contributed by atoms with van der Waals surface area (Å²) in [5, 5.41) is 12.7. The van der Waals surface area contributed by atoms with Crippen molar-refractivity contribution in [1.29, 1.82) is 0 Å². The predicted octanol–water partition coefficient (Wildman–Crippen LogP) is 1.89. The number of rotatable bonds is 7. The summed E-state index contributed by atoms with van der Waals surface area (Å²) in [5.74, 6) is -0.427. The largest absolute Gasteiger partial charge is 0.483 e. The molecule has 1 aliphatic rings. The number of nitrogens with zero attached hydrogens (tertiary/aromatic N) is 1. The number of anilines is 1. The fourth-order valence-corrected chi connectivity index (χ4v) is 3.41. The predicted molar refractivity (Wildman–Crippen MR) is 118 cm³/mol. The molecule has 8 nitrogen and oxygen atoms in total. The number of morpholine rings is 1. The van der Waals surface area contributed by atoms with E-state index in [1.165, 1.54) is 5.56 Å². The molecular weight excluding hydrogens is 398 g/mol. The van der Waals surface area contributed by atoms with E-state index in [9.17, 15) is 9.59 Å². The third-order valence-electron chi connectivity index (χ3n) is 4.86. The molecule has 0 aromatic heterocycles. The maximum Gasteiger partial charge on any atom is 0.290 e. The smallest absolute Gasteiger partial charge is 0.290 e. The fraction of sp³-hybridized carbons (Fsp3) is 0.348. The van der Waals surface area contributed by atoms with Crippen LogP contribution in [0.15, 0.2) is 54.6 Å². The van der Waals surface area contributed by atoms with E-state index in [0.29, 0.717) is 13.1 Å². The Hall–Kier alpha value is -3.39. The quantitative estimate of drug-likeness (QED) is 0.583. The summed E-state index contributed by atoms with van der Waals surface area (Å²) in [6, 6.07) is 17.3. The van der Waals surface area contributed by atoms with E-state index >= 15 is 0 Å². The number of amides is 2. The molecule has 1 saturated heterocycles. The lowest BCUT2D eigenvalue weighted by Gasteiger charge is -2.32. The van der Waals surface area contributed by atoms with Gasteiger partial charge >= 0.3 is 0 Å². The Morgan fingerprint density at radius 3 is 2.61 bits per heavy atom. The summed E-state index contributed by atoms with van der Waals surface area (Å²) < 4.78 is 5.57. The zero-order valence-corrected chi connectivity index (χ0v) is 17.8. The molecular formula is C23H29N3O5. The van der Waals surface area contributed by atoms with Crippen molar-refractivity contribution in [2.75, 3.05) is 31.1 Å². The van der Waals surface area contributed by atoms with Crippen molar-refractivity contribution in [3.05, 3.63) is 65.7 Å². The summed E-state index contributed by atoms with van der Waals surface area (Å²) in [5.41, 5.74) is 3.20. The van der Waals surface area contributed by atoms with Crippen molar-refractivity contribution in [3.63, 3.8) is 0 Å². The van der Waals surface area contributed by atoms with E-state index in [0.717, 1.165) is 17.8 Å². The Morgan fingerprint density at radius 2 is 1.97 bits per heavy atom. The van der Waals surface area contributed by atoms with Gasteiger partial charge in [0.1, 0.15) is 6.61 Å². The summed E-state index contributed by atoms with van der Waals surface area (Å²) >= 11 is 0. The molecule has 3 rings (SSSR count). The molecule has 2 atom stereocenters. The van der Waals surface area contributed by atoms with E-state index in [1.807, 2.05) is 36.4 Å². The fourth-order valence-electron chi connectivity index (χ4n) is 3.41. The number of hydrogen-bond donors (Lipinski definition) is 3. The highest BCUT2D eigenvalue weighted by atomic mass is 16.5. The molecule has 0 spiro atoms. The second-order valence-electron chi connectivity index (χ2n) is 7.00. The summed E-state index contributed by atoms with van der Waals surface area (Å²) in [6.07, 6.45) is -0.742. The highest BCUT2D eigenvalue weighted by Crippen LogP contribution is 2.22. The van der Waals surface area contributed by atoms with E-state index in [1.54, 1.807) is 0 Å². The molecule has 0 aliphatic carbocycles. The molecule has 1 heterocycles. The number of nitrogens with one attached hydrogen (secondary N) is 2. The van der Waals surface area contributed by atoms with Gasteiger partial charge in [-0.15, -0.1) is 0 Å². The Morgan fingerprint density at radius 1 is 1.26 bits per heavy atom. The molecule has 0 unspecified atom stereocenters. The van der Waals surface area contributed by atoms with Gasteiger partial charge in [0.15, 0.2) is 6.10 Å². The highest BCUT2D eigenvalue weighted by molar-refractivity contribution is 5.86. The van der Waals surface area contributed by atoms with Crippen LogP contribution in [0.4, 0.5) is 5.69 Å². The van der Waals surface area contributed by atoms with Crippen LogP contribution < -0.4 is 15.5 Å². The van der Waals surface area contributed by atoms with Crippen molar-refractivity contribution >= 4 is 24.0 Å². The number of ether oxygens (including phenoxy) is 1. The standard InChI is InChI=1S/C22H27N3O3.CH2O2/c1-3-25(18-11-7-8-16(2)14-18)13-12-23-22(27)21-20(24-19(26)15-28-21)17-9-5-4-6-10-17;2-1-3/h4-11,14,20-21H,3,12-13,15H2,1-2H3,(H,23,27)(H,24,26);1H,(H,2,3)/t20-,21+;/m1./s1. The van der Waals surface area contributed by atoms with Gasteiger partial charge in [-0.05, 0) is 37.1 Å². The molecule has 2 aromatic carbocycles. The van der Waals surface area contributed by atoms with E-state index < -0.39 is 12.1 Å². The lowest BCUT2D eigenvalue weighted by Crippen LogP contribution is -2.53. The Labute approximate surface area is 182 Å². The van der Waals surface area contributed by atoms with Gasteiger partial charge < -0.3 is 25.4 Å². The maximum atomic E-state index is 12.7. The Kier molecular flexibility index (Phi) is 9.51. The van der Waals surface area contributed by atoms with Gasteiger partial charge in [0.2, 0.25) is 5.91 Å². The van der Waals surface area contributed by atoms with Crippen LogP contribution in [0, 0.1) is 6.92 Å². The first-order valence-corrected chi connectivity index (χ1v) is 10.1. The van der Waals surface area contributed by atoms with Crippen LogP contribution in [0.25, 0.3) is 0 Å². The number of aryl methyl sites for hydroxylation is 1. The van der Waals surface area contributed by atoms with Gasteiger partial charge in [-0.1, -0.05) is 42.5 Å². The minimum absolute atomic E-state index is 0.105. The highest BCUT2D eigenvalue weighted by Gasteiger charge is 2.35. The minimum Gasteiger partial charge on any atom is -0.483 e. The molecule has 31 heavy (non-hydrogen) atoms. The second kappa shape index (κ2) is 12.3. The van der Waals surface area contributed by atoms with Gasteiger partial charge in [-0.2, -0.15) is 0 Å². The molecule has 0 radical (unpaired) electrons. The second-order valence-corrected chi connectivity index (χ2v) is 7.00. The van der Waals surface area contributed by atoms with Gasteiger partial charge in [0.05, 0.1) is 6.04 Å². The monoisotopic (exact) mass is 427 g/mol. The lowest BCUT2D eigenvalue weighted by atomic mass is 9.99. The Bertz CT molecular complexity index is 859. The van der Waals surface area contributed by atoms with Crippen LogP contribution in [0.5, 0.6) is 0 Å². The van der Waals surface area contributed by atoms with Crippen LogP contribution in [0.1, 0.15) is 24.1 Å². The van der Waals surface area contributed by atoms with Gasteiger partial charge in [0, 0.05) is 25.3 Å². The number of benzene rings is 2. The third kappa shape index (κ3) is 7.11. The summed E-state index contributed by atoms with van der Waals surface area (Å²) in [6.45, 7) is 5.84. The van der Waals surface area contributed by atoms with Crippen LogP contribution in [0.3, 0.4) is 0 Å². The van der Waals surface area contributed by atoms with E-state index in [4.69, 9.17) is 14.6 Å². The molecule has 0 bridgehead atoms. The average molecular weight is 428 g/mol. The van der Waals surface area contributed by atoms with Gasteiger partial charge in [0.25, 0.3) is 12.4 Å². The Balaban J connectivity index is 0.00000107.